The van der Waals surface area contributed by atoms with Crippen molar-refractivity contribution >= 4 is 62.3 Å². The van der Waals surface area contributed by atoms with Crippen molar-refractivity contribution in [3.8, 4) is 0 Å². The second kappa shape index (κ2) is 7.65. The van der Waals surface area contributed by atoms with Gasteiger partial charge in [-0.2, -0.15) is 9.73 Å². The van der Waals surface area contributed by atoms with Gasteiger partial charge in [-0.3, -0.25) is 4.79 Å². The average Bonchev–Trinajstić information content (AvgIpc) is 2.91. The fourth-order valence-corrected chi connectivity index (χ4v) is 4.55. The lowest BCUT2D eigenvalue weighted by molar-refractivity contribution is -0.118. The van der Waals surface area contributed by atoms with E-state index in [1.807, 2.05) is 0 Å². The van der Waals surface area contributed by atoms with E-state index in [2.05, 4.69) is 9.82 Å². The summed E-state index contributed by atoms with van der Waals surface area (Å²) in [7, 11) is -2.73. The zero-order valence-corrected chi connectivity index (χ0v) is 16.8. The van der Waals surface area contributed by atoms with E-state index in [1.165, 1.54) is 31.4 Å². The molecule has 1 heterocycles. The normalized spacial score (nSPS) is 17.2. The Labute approximate surface area is 170 Å². The van der Waals surface area contributed by atoms with Gasteiger partial charge >= 0.3 is 0 Å². The molecule has 2 aromatic rings. The molecule has 7 nitrogen and oxygen atoms in total. The highest BCUT2D eigenvalue weighted by molar-refractivity contribution is 7.89. The summed E-state index contributed by atoms with van der Waals surface area (Å²) < 4.78 is 32.5. The summed E-state index contributed by atoms with van der Waals surface area (Å²) >= 11 is 18.2. The number of carbonyl (C=O) groups is 1. The maximum atomic E-state index is 12.8. The van der Waals surface area contributed by atoms with Gasteiger partial charge in [-0.05, 0) is 24.3 Å². The molecule has 0 saturated heterocycles. The standard InChI is InChI=1S/C16H12Cl3N3O4S/c1-26-15-13(21-27(24,25)10-5-3-2-4-6-10)16(23)22(20-15)14-11(18)7-9(17)8-12(14)19/h2-8,13,21H,1H3. The molecule has 11 heteroatoms. The van der Waals surface area contributed by atoms with Crippen LogP contribution in [0.5, 0.6) is 0 Å². The fraction of sp³-hybridized carbons (Fsp3) is 0.125. The van der Waals surface area contributed by atoms with Gasteiger partial charge in [-0.15, -0.1) is 5.10 Å². The summed E-state index contributed by atoms with van der Waals surface area (Å²) in [4.78, 5) is 12.8. The zero-order valence-electron chi connectivity index (χ0n) is 13.7. The van der Waals surface area contributed by atoms with E-state index < -0.39 is 22.0 Å². The van der Waals surface area contributed by atoms with E-state index in [9.17, 15) is 13.2 Å². The molecule has 1 aliphatic rings. The lowest BCUT2D eigenvalue weighted by Crippen LogP contribution is -2.46. The largest absolute Gasteiger partial charge is 0.481 e. The molecule has 0 saturated carbocycles. The molecule has 142 valence electrons. The Bertz CT molecular complexity index is 1010. The topological polar surface area (TPSA) is 88.1 Å². The van der Waals surface area contributed by atoms with E-state index in [4.69, 9.17) is 39.5 Å². The number of nitrogens with zero attached hydrogens (tertiary/aromatic N) is 2. The van der Waals surface area contributed by atoms with Crippen LogP contribution in [0.15, 0.2) is 52.5 Å². The summed E-state index contributed by atoms with van der Waals surface area (Å²) in [5, 5.41) is 5.32. The molecule has 0 bridgehead atoms. The van der Waals surface area contributed by atoms with Gasteiger partial charge in [0, 0.05) is 5.02 Å². The first-order valence-electron chi connectivity index (χ1n) is 7.43. The van der Waals surface area contributed by atoms with Crippen LogP contribution in [0.2, 0.25) is 15.1 Å². The number of methoxy groups -OCH3 is 1. The van der Waals surface area contributed by atoms with Crippen LogP contribution in [0, 0.1) is 0 Å². The maximum Gasteiger partial charge on any atom is 0.275 e. The molecule has 0 aliphatic carbocycles. The van der Waals surface area contributed by atoms with Crippen molar-refractivity contribution in [2.24, 2.45) is 5.10 Å². The van der Waals surface area contributed by atoms with Gasteiger partial charge in [0.25, 0.3) is 5.91 Å². The van der Waals surface area contributed by atoms with Crippen LogP contribution in [-0.2, 0) is 19.6 Å². The van der Waals surface area contributed by atoms with Gasteiger partial charge in [0.05, 0.1) is 22.1 Å². The van der Waals surface area contributed by atoms with Gasteiger partial charge < -0.3 is 4.74 Å². The Balaban J connectivity index is 1.96. The Hall–Kier alpha value is -1.84. The highest BCUT2D eigenvalue weighted by Crippen LogP contribution is 2.38. The van der Waals surface area contributed by atoms with E-state index >= 15 is 0 Å². The van der Waals surface area contributed by atoms with Gasteiger partial charge in [-0.25, -0.2) is 8.42 Å². The molecule has 0 radical (unpaired) electrons. The average molecular weight is 449 g/mol. The van der Waals surface area contributed by atoms with Crippen molar-refractivity contribution in [2.75, 3.05) is 12.1 Å². The Morgan fingerprint density at radius 2 is 1.70 bits per heavy atom. The first-order valence-corrected chi connectivity index (χ1v) is 10.0. The van der Waals surface area contributed by atoms with Crippen LogP contribution < -0.4 is 9.73 Å². The molecule has 1 atom stereocenters. The van der Waals surface area contributed by atoms with Gasteiger partial charge in [0.1, 0.15) is 5.69 Å². The maximum absolute atomic E-state index is 12.8. The van der Waals surface area contributed by atoms with E-state index in [0.29, 0.717) is 0 Å². The second-order valence-corrected chi connectivity index (χ2v) is 8.34. The molecule has 1 aliphatic heterocycles. The number of sulfonamides is 1. The second-order valence-electron chi connectivity index (χ2n) is 5.38. The summed E-state index contributed by atoms with van der Waals surface area (Å²) in [5.74, 6) is -0.876. The lowest BCUT2D eigenvalue weighted by atomic mass is 10.2. The first kappa shape index (κ1) is 19.9. The molecule has 0 aromatic heterocycles. The minimum Gasteiger partial charge on any atom is -0.481 e. The number of amides is 1. The van der Waals surface area contributed by atoms with Gasteiger partial charge in [-0.1, -0.05) is 53.0 Å². The molecule has 0 fully saturated rings. The van der Waals surface area contributed by atoms with Gasteiger partial charge in [0.15, 0.2) is 6.04 Å². The number of anilines is 1. The van der Waals surface area contributed by atoms with Crippen molar-refractivity contribution in [1.29, 1.82) is 0 Å². The number of ether oxygens (including phenoxy) is 1. The van der Waals surface area contributed by atoms with Crippen molar-refractivity contribution in [2.45, 2.75) is 10.9 Å². The third-order valence-corrected chi connectivity index (χ3v) is 5.86. The lowest BCUT2D eigenvalue weighted by Gasteiger charge is -2.17. The monoisotopic (exact) mass is 447 g/mol. The summed E-state index contributed by atoms with van der Waals surface area (Å²) in [5.41, 5.74) is 0.0729. The molecule has 27 heavy (non-hydrogen) atoms. The van der Waals surface area contributed by atoms with Crippen molar-refractivity contribution in [3.05, 3.63) is 57.5 Å². The molecule has 1 unspecified atom stereocenters. The quantitative estimate of drug-likeness (QED) is 0.777. The predicted molar refractivity (Wildman–Crippen MR) is 104 cm³/mol. The van der Waals surface area contributed by atoms with Crippen LogP contribution in [0.4, 0.5) is 5.69 Å². The number of benzene rings is 2. The number of halogens is 3. The molecule has 2 aromatic carbocycles. The molecule has 3 rings (SSSR count). The highest BCUT2D eigenvalue weighted by Gasteiger charge is 2.42. The number of rotatable bonds is 4. The summed E-state index contributed by atoms with van der Waals surface area (Å²) in [6.45, 7) is 0. The van der Waals surface area contributed by atoms with Crippen molar-refractivity contribution in [3.63, 3.8) is 0 Å². The Kier molecular flexibility index (Phi) is 5.64. The Morgan fingerprint density at radius 3 is 2.26 bits per heavy atom. The number of carbonyl (C=O) groups excluding carboxylic acids is 1. The van der Waals surface area contributed by atoms with Crippen LogP contribution in [0.3, 0.4) is 0 Å². The predicted octanol–water partition coefficient (Wildman–Crippen LogP) is 3.30. The number of nitrogens with one attached hydrogen (secondary N) is 1. The van der Waals surface area contributed by atoms with Crippen molar-refractivity contribution < 1.29 is 17.9 Å². The SMILES string of the molecule is COC1=NN(c2c(Cl)cc(Cl)cc2Cl)C(=O)C1NS(=O)(=O)c1ccccc1. The summed E-state index contributed by atoms with van der Waals surface area (Å²) in [6, 6.07) is 9.01. The molecular formula is C16H12Cl3N3O4S. The molecule has 1 N–H and O–H groups in total. The number of hydrogen-bond acceptors (Lipinski definition) is 5. The van der Waals surface area contributed by atoms with E-state index in [-0.39, 0.29) is 31.5 Å². The molecule has 0 spiro atoms. The third-order valence-electron chi connectivity index (χ3n) is 3.63. The van der Waals surface area contributed by atoms with E-state index in [0.717, 1.165) is 5.01 Å². The molecular weight excluding hydrogens is 437 g/mol. The third kappa shape index (κ3) is 3.90. The van der Waals surface area contributed by atoms with E-state index in [1.54, 1.807) is 18.2 Å². The highest BCUT2D eigenvalue weighted by atomic mass is 35.5. The number of hydrazone groups is 1. The first-order chi connectivity index (χ1) is 12.7. The summed E-state index contributed by atoms with van der Waals surface area (Å²) in [6.07, 6.45) is 0. The van der Waals surface area contributed by atoms with Gasteiger partial charge in [0.2, 0.25) is 15.9 Å². The van der Waals surface area contributed by atoms with Crippen molar-refractivity contribution in [1.82, 2.24) is 4.72 Å². The minimum atomic E-state index is -4.00. The number of hydrogen-bond donors (Lipinski definition) is 1. The minimum absolute atomic E-state index is 0.00531. The van der Waals surface area contributed by atoms with Crippen LogP contribution in [0.1, 0.15) is 0 Å². The smallest absolute Gasteiger partial charge is 0.275 e. The molecule has 1 amide bonds. The van der Waals surface area contributed by atoms with Crippen LogP contribution in [0.25, 0.3) is 0 Å². The zero-order chi connectivity index (χ0) is 19.8. The van der Waals surface area contributed by atoms with Crippen LogP contribution in [-0.4, -0.2) is 33.4 Å². The fourth-order valence-electron chi connectivity index (χ4n) is 2.41. The Morgan fingerprint density at radius 1 is 1.11 bits per heavy atom. The van der Waals surface area contributed by atoms with Crippen LogP contribution >= 0.6 is 34.8 Å².